The quantitative estimate of drug-likeness (QED) is 0.730. The molecule has 76 valence electrons. The van der Waals surface area contributed by atoms with Crippen molar-refractivity contribution in [2.24, 2.45) is 0 Å². The third kappa shape index (κ3) is 4.73. The van der Waals surface area contributed by atoms with Crippen molar-refractivity contribution in [3.05, 3.63) is 23.5 Å². The fourth-order valence-corrected chi connectivity index (χ4v) is 1.10. The average Bonchev–Trinajstić information content (AvgIpc) is 2.20. The van der Waals surface area contributed by atoms with Crippen molar-refractivity contribution in [1.82, 2.24) is 0 Å². The molecule has 0 spiro atoms. The molecule has 1 aliphatic rings. The molecule has 0 saturated heterocycles. The van der Waals surface area contributed by atoms with E-state index < -0.39 is 0 Å². The van der Waals surface area contributed by atoms with Crippen LogP contribution in [0.3, 0.4) is 0 Å². The molecule has 0 aromatic rings. The van der Waals surface area contributed by atoms with Crippen LogP contribution in [0.2, 0.25) is 0 Å². The molecule has 0 aromatic heterocycles. The molecule has 0 aromatic carbocycles. The van der Waals surface area contributed by atoms with E-state index in [-0.39, 0.29) is 6.61 Å². The third-order valence-electron chi connectivity index (χ3n) is 1.68. The van der Waals surface area contributed by atoms with Crippen LogP contribution >= 0.6 is 0 Å². The first-order valence-corrected chi connectivity index (χ1v) is 4.95. The fraction of sp³-hybridized carbons (Fsp3) is 0.636. The summed E-state index contributed by atoms with van der Waals surface area (Å²) in [6, 6.07) is 0. The molecular weight excluding hydrogens is 164 g/mol. The highest BCUT2D eigenvalue weighted by atomic mass is 16.5. The Bertz CT molecular complexity index is 181. The van der Waals surface area contributed by atoms with Crippen molar-refractivity contribution < 1.29 is 9.84 Å². The standard InChI is InChI=1S/C9H14O2.C2H6/c1-8-4-2-3-5-9(8)11-7-6-10;1-2/h4-5,10H,2-3,6-7H2,1H3;1-2H3. The monoisotopic (exact) mass is 184 g/mol. The lowest BCUT2D eigenvalue weighted by Crippen LogP contribution is -2.02. The summed E-state index contributed by atoms with van der Waals surface area (Å²) in [5, 5.41) is 8.51. The second kappa shape index (κ2) is 7.87. The largest absolute Gasteiger partial charge is 0.491 e. The molecule has 1 aliphatic carbocycles. The Hall–Kier alpha value is -0.760. The molecule has 2 nitrogen and oxygen atoms in total. The Labute approximate surface area is 80.9 Å². The van der Waals surface area contributed by atoms with Crippen LogP contribution in [0.5, 0.6) is 0 Å². The lowest BCUT2D eigenvalue weighted by atomic mass is 10.1. The highest BCUT2D eigenvalue weighted by Crippen LogP contribution is 2.18. The normalized spacial score (nSPS) is 15.1. The molecule has 0 aliphatic heterocycles. The molecule has 0 atom stereocenters. The molecule has 0 unspecified atom stereocenters. The van der Waals surface area contributed by atoms with Gasteiger partial charge in [-0.05, 0) is 31.4 Å². The predicted octanol–water partition coefficient (Wildman–Crippen LogP) is 2.65. The summed E-state index contributed by atoms with van der Waals surface area (Å²) in [7, 11) is 0. The Morgan fingerprint density at radius 2 is 1.92 bits per heavy atom. The van der Waals surface area contributed by atoms with Gasteiger partial charge >= 0.3 is 0 Å². The summed E-state index contributed by atoms with van der Waals surface area (Å²) >= 11 is 0. The summed E-state index contributed by atoms with van der Waals surface area (Å²) in [5.74, 6) is 0.935. The molecular formula is C11H20O2. The molecule has 0 saturated carbocycles. The first-order chi connectivity index (χ1) is 6.34. The van der Waals surface area contributed by atoms with Gasteiger partial charge in [0.15, 0.2) is 0 Å². The van der Waals surface area contributed by atoms with Crippen LogP contribution in [0.1, 0.15) is 33.6 Å². The van der Waals surface area contributed by atoms with E-state index in [1.165, 1.54) is 5.57 Å². The van der Waals surface area contributed by atoms with Crippen LogP contribution in [-0.2, 0) is 4.74 Å². The van der Waals surface area contributed by atoms with Crippen molar-refractivity contribution in [2.45, 2.75) is 33.6 Å². The van der Waals surface area contributed by atoms with Crippen LogP contribution in [0.15, 0.2) is 23.5 Å². The molecule has 2 heteroatoms. The number of allylic oxidation sites excluding steroid dienone is 3. The maximum Gasteiger partial charge on any atom is 0.118 e. The van der Waals surface area contributed by atoms with Gasteiger partial charge in [-0.1, -0.05) is 19.9 Å². The molecule has 1 N–H and O–H groups in total. The topological polar surface area (TPSA) is 29.5 Å². The first-order valence-electron chi connectivity index (χ1n) is 4.95. The van der Waals surface area contributed by atoms with Crippen molar-refractivity contribution in [3.63, 3.8) is 0 Å². The number of aliphatic hydroxyl groups excluding tert-OH is 1. The number of rotatable bonds is 3. The minimum atomic E-state index is 0.0879. The second-order valence-electron chi connectivity index (χ2n) is 2.60. The van der Waals surface area contributed by atoms with Crippen molar-refractivity contribution >= 4 is 0 Å². The van der Waals surface area contributed by atoms with E-state index in [1.807, 2.05) is 20.8 Å². The second-order valence-corrected chi connectivity index (χ2v) is 2.60. The van der Waals surface area contributed by atoms with E-state index >= 15 is 0 Å². The van der Waals surface area contributed by atoms with E-state index in [0.717, 1.165) is 18.6 Å². The Kier molecular flexibility index (Phi) is 7.41. The van der Waals surface area contributed by atoms with Gasteiger partial charge in [0.1, 0.15) is 12.4 Å². The van der Waals surface area contributed by atoms with Crippen LogP contribution in [0.4, 0.5) is 0 Å². The fourth-order valence-electron chi connectivity index (χ4n) is 1.10. The van der Waals surface area contributed by atoms with Gasteiger partial charge in [-0.3, -0.25) is 0 Å². The SMILES string of the molecule is CC.CC1=CCCC=C1OCCO. The Morgan fingerprint density at radius 1 is 1.31 bits per heavy atom. The maximum atomic E-state index is 8.51. The van der Waals surface area contributed by atoms with Gasteiger partial charge < -0.3 is 9.84 Å². The molecule has 13 heavy (non-hydrogen) atoms. The van der Waals surface area contributed by atoms with Gasteiger partial charge in [0.05, 0.1) is 6.61 Å². The minimum absolute atomic E-state index is 0.0879. The summed E-state index contributed by atoms with van der Waals surface area (Å²) in [4.78, 5) is 0. The van der Waals surface area contributed by atoms with Crippen molar-refractivity contribution in [2.75, 3.05) is 13.2 Å². The smallest absolute Gasteiger partial charge is 0.118 e. The lowest BCUT2D eigenvalue weighted by molar-refractivity contribution is 0.148. The summed E-state index contributed by atoms with van der Waals surface area (Å²) in [5.41, 5.74) is 1.18. The van der Waals surface area contributed by atoms with Gasteiger partial charge in [0.2, 0.25) is 0 Å². The van der Waals surface area contributed by atoms with E-state index in [1.54, 1.807) is 0 Å². The van der Waals surface area contributed by atoms with Crippen molar-refractivity contribution in [1.29, 1.82) is 0 Å². The molecule has 0 heterocycles. The van der Waals surface area contributed by atoms with E-state index in [4.69, 9.17) is 9.84 Å². The molecule has 0 amide bonds. The lowest BCUT2D eigenvalue weighted by Gasteiger charge is -2.13. The zero-order chi connectivity index (χ0) is 10.1. The van der Waals surface area contributed by atoms with Gasteiger partial charge in [-0.15, -0.1) is 0 Å². The van der Waals surface area contributed by atoms with E-state index in [2.05, 4.69) is 12.2 Å². The summed E-state index contributed by atoms with van der Waals surface area (Å²) in [6.45, 7) is 6.52. The van der Waals surface area contributed by atoms with Gasteiger partial charge in [-0.25, -0.2) is 0 Å². The van der Waals surface area contributed by atoms with Crippen molar-refractivity contribution in [3.8, 4) is 0 Å². The minimum Gasteiger partial charge on any atom is -0.491 e. The van der Waals surface area contributed by atoms with E-state index in [9.17, 15) is 0 Å². The number of hydrogen-bond acceptors (Lipinski definition) is 2. The third-order valence-corrected chi connectivity index (χ3v) is 1.68. The zero-order valence-corrected chi connectivity index (χ0v) is 8.84. The Balaban J connectivity index is 0.000000671. The van der Waals surface area contributed by atoms with Gasteiger partial charge in [0, 0.05) is 0 Å². The molecule has 0 radical (unpaired) electrons. The highest BCUT2D eigenvalue weighted by Gasteiger charge is 2.03. The first kappa shape index (κ1) is 12.2. The highest BCUT2D eigenvalue weighted by molar-refractivity contribution is 5.26. The number of hydrogen-bond donors (Lipinski definition) is 1. The predicted molar refractivity (Wildman–Crippen MR) is 55.5 cm³/mol. The average molecular weight is 184 g/mol. The van der Waals surface area contributed by atoms with Gasteiger partial charge in [-0.2, -0.15) is 0 Å². The maximum absolute atomic E-state index is 8.51. The molecule has 0 fully saturated rings. The van der Waals surface area contributed by atoms with Gasteiger partial charge in [0.25, 0.3) is 0 Å². The van der Waals surface area contributed by atoms with Crippen LogP contribution < -0.4 is 0 Å². The zero-order valence-electron chi connectivity index (χ0n) is 8.84. The van der Waals surface area contributed by atoms with Crippen LogP contribution in [0, 0.1) is 0 Å². The molecule has 0 bridgehead atoms. The summed E-state index contributed by atoms with van der Waals surface area (Å²) < 4.78 is 5.29. The number of aliphatic hydroxyl groups is 1. The van der Waals surface area contributed by atoms with Crippen LogP contribution in [0.25, 0.3) is 0 Å². The molecule has 1 rings (SSSR count). The van der Waals surface area contributed by atoms with Crippen LogP contribution in [-0.4, -0.2) is 18.3 Å². The van der Waals surface area contributed by atoms with E-state index in [0.29, 0.717) is 6.61 Å². The number of ether oxygens (including phenoxy) is 1. The Morgan fingerprint density at radius 3 is 2.46 bits per heavy atom. The summed E-state index contributed by atoms with van der Waals surface area (Å²) in [6.07, 6.45) is 6.40.